The van der Waals surface area contributed by atoms with Crippen molar-refractivity contribution in [2.75, 3.05) is 13.6 Å². The van der Waals surface area contributed by atoms with Gasteiger partial charge in [-0.05, 0) is 25.1 Å². The molecule has 3 N–H and O–H groups in total. The number of benzene rings is 2. The Balaban J connectivity index is 1.61. The second kappa shape index (κ2) is 8.01. The summed E-state index contributed by atoms with van der Waals surface area (Å²) in [5.41, 5.74) is 1.08. The predicted octanol–water partition coefficient (Wildman–Crippen LogP) is 3.53. The Bertz CT molecular complexity index is 874. The van der Waals surface area contributed by atoms with E-state index < -0.39 is 11.9 Å². The van der Waals surface area contributed by atoms with Gasteiger partial charge in [0.15, 0.2) is 5.96 Å². The van der Waals surface area contributed by atoms with Gasteiger partial charge in [-0.3, -0.25) is 4.99 Å². The van der Waals surface area contributed by atoms with E-state index in [2.05, 4.69) is 15.6 Å². The molecule has 0 saturated carbocycles. The van der Waals surface area contributed by atoms with Crippen molar-refractivity contribution in [3.63, 3.8) is 0 Å². The summed E-state index contributed by atoms with van der Waals surface area (Å²) >= 11 is 0. The van der Waals surface area contributed by atoms with Crippen molar-refractivity contribution in [3.8, 4) is 0 Å². The Morgan fingerprint density at radius 1 is 1.19 bits per heavy atom. The minimum Gasteiger partial charge on any atom is -0.459 e. The number of aliphatic hydroxyl groups is 1. The zero-order chi connectivity index (χ0) is 18.5. The molecule has 0 radical (unpaired) electrons. The molecule has 0 saturated heterocycles. The molecule has 3 rings (SSSR count). The summed E-state index contributed by atoms with van der Waals surface area (Å²) in [5.74, 6) is 0.845. The fourth-order valence-corrected chi connectivity index (χ4v) is 2.74. The van der Waals surface area contributed by atoms with E-state index in [0.29, 0.717) is 5.96 Å². The number of aliphatic hydroxyl groups excluding tert-OH is 1. The van der Waals surface area contributed by atoms with E-state index in [-0.39, 0.29) is 18.2 Å². The second-order valence-corrected chi connectivity index (χ2v) is 6.04. The third kappa shape index (κ3) is 4.03. The minimum atomic E-state index is -0.976. The van der Waals surface area contributed by atoms with E-state index in [9.17, 15) is 9.50 Å². The van der Waals surface area contributed by atoms with Gasteiger partial charge in [0, 0.05) is 24.5 Å². The molecule has 0 aliphatic rings. The standard InChI is InChI=1S/C20H22FN3O2/c1-13(19-11-14-7-3-6-10-18(14)26-19)24-20(22-2)23-12-17(25)15-8-4-5-9-16(15)21/h3-11,13,17,25H,12H2,1-2H3,(H2,22,23,24). The Labute approximate surface area is 151 Å². The average Bonchev–Trinajstić information content (AvgIpc) is 3.09. The molecule has 5 nitrogen and oxygen atoms in total. The number of guanidine groups is 1. The third-order valence-corrected chi connectivity index (χ3v) is 4.18. The lowest BCUT2D eigenvalue weighted by Crippen LogP contribution is -2.40. The first-order chi connectivity index (χ1) is 12.6. The summed E-state index contributed by atoms with van der Waals surface area (Å²) in [6.45, 7) is 2.09. The average molecular weight is 355 g/mol. The molecule has 1 aromatic heterocycles. The van der Waals surface area contributed by atoms with Crippen LogP contribution in [0.15, 0.2) is 64.0 Å². The van der Waals surface area contributed by atoms with Gasteiger partial charge in [-0.25, -0.2) is 4.39 Å². The maximum atomic E-state index is 13.7. The van der Waals surface area contributed by atoms with Gasteiger partial charge in [0.2, 0.25) is 0 Å². The molecule has 6 heteroatoms. The van der Waals surface area contributed by atoms with Crippen LogP contribution >= 0.6 is 0 Å². The van der Waals surface area contributed by atoms with Gasteiger partial charge in [-0.1, -0.05) is 36.4 Å². The topological polar surface area (TPSA) is 69.8 Å². The number of rotatable bonds is 5. The molecular weight excluding hydrogens is 333 g/mol. The number of furan rings is 1. The highest BCUT2D eigenvalue weighted by atomic mass is 19.1. The number of para-hydroxylation sites is 1. The molecule has 1 heterocycles. The molecule has 136 valence electrons. The summed E-state index contributed by atoms with van der Waals surface area (Å²) in [7, 11) is 1.64. The van der Waals surface area contributed by atoms with E-state index in [0.717, 1.165) is 16.7 Å². The highest BCUT2D eigenvalue weighted by molar-refractivity contribution is 5.81. The van der Waals surface area contributed by atoms with Crippen LogP contribution in [0, 0.1) is 5.82 Å². The van der Waals surface area contributed by atoms with Crippen molar-refractivity contribution in [2.45, 2.75) is 19.1 Å². The number of hydrogen-bond donors (Lipinski definition) is 3. The molecule has 2 aromatic carbocycles. The van der Waals surface area contributed by atoms with Crippen LogP contribution in [0.2, 0.25) is 0 Å². The van der Waals surface area contributed by atoms with Gasteiger partial charge in [0.05, 0.1) is 12.1 Å². The van der Waals surface area contributed by atoms with E-state index in [1.165, 1.54) is 6.07 Å². The Morgan fingerprint density at radius 2 is 1.92 bits per heavy atom. The van der Waals surface area contributed by atoms with Crippen LogP contribution in [-0.2, 0) is 0 Å². The maximum Gasteiger partial charge on any atom is 0.191 e. The lowest BCUT2D eigenvalue weighted by Gasteiger charge is -2.18. The lowest BCUT2D eigenvalue weighted by atomic mass is 10.1. The fourth-order valence-electron chi connectivity index (χ4n) is 2.74. The molecule has 0 amide bonds. The number of hydrogen-bond acceptors (Lipinski definition) is 3. The Kier molecular flexibility index (Phi) is 5.53. The smallest absolute Gasteiger partial charge is 0.191 e. The highest BCUT2D eigenvalue weighted by Gasteiger charge is 2.15. The van der Waals surface area contributed by atoms with Crippen molar-refractivity contribution < 1.29 is 13.9 Å². The zero-order valence-corrected chi connectivity index (χ0v) is 14.7. The van der Waals surface area contributed by atoms with Gasteiger partial charge in [0.1, 0.15) is 17.2 Å². The monoisotopic (exact) mass is 355 g/mol. The van der Waals surface area contributed by atoms with Crippen LogP contribution in [0.5, 0.6) is 0 Å². The van der Waals surface area contributed by atoms with E-state index in [4.69, 9.17) is 4.42 Å². The number of fused-ring (bicyclic) bond motifs is 1. The molecule has 0 fully saturated rings. The lowest BCUT2D eigenvalue weighted by molar-refractivity contribution is 0.176. The normalized spacial score (nSPS) is 14.2. The number of nitrogens with one attached hydrogen (secondary N) is 2. The number of nitrogens with zero attached hydrogens (tertiary/aromatic N) is 1. The largest absolute Gasteiger partial charge is 0.459 e. The molecule has 3 aromatic rings. The number of halogens is 1. The Hall–Kier alpha value is -2.86. The molecule has 0 spiro atoms. The van der Waals surface area contributed by atoms with E-state index in [1.807, 2.05) is 37.3 Å². The molecule has 0 aliphatic heterocycles. The van der Waals surface area contributed by atoms with E-state index in [1.54, 1.807) is 25.2 Å². The Morgan fingerprint density at radius 3 is 2.65 bits per heavy atom. The van der Waals surface area contributed by atoms with Crippen LogP contribution in [-0.4, -0.2) is 24.7 Å². The summed E-state index contributed by atoms with van der Waals surface area (Å²) in [6, 6.07) is 15.8. The van der Waals surface area contributed by atoms with Gasteiger partial charge < -0.3 is 20.2 Å². The molecule has 0 bridgehead atoms. The van der Waals surface area contributed by atoms with Crippen LogP contribution in [0.1, 0.15) is 30.4 Å². The van der Waals surface area contributed by atoms with Crippen molar-refractivity contribution in [1.82, 2.24) is 10.6 Å². The highest BCUT2D eigenvalue weighted by Crippen LogP contribution is 2.23. The SMILES string of the molecule is CN=C(NCC(O)c1ccccc1F)NC(C)c1cc2ccccc2o1. The first-order valence-electron chi connectivity index (χ1n) is 8.46. The predicted molar refractivity (Wildman–Crippen MR) is 100 cm³/mol. The first kappa shape index (κ1) is 17.9. The molecule has 2 unspecified atom stereocenters. The van der Waals surface area contributed by atoms with Crippen molar-refractivity contribution in [2.24, 2.45) is 4.99 Å². The van der Waals surface area contributed by atoms with Crippen LogP contribution < -0.4 is 10.6 Å². The van der Waals surface area contributed by atoms with Gasteiger partial charge in [-0.15, -0.1) is 0 Å². The quantitative estimate of drug-likeness (QED) is 0.484. The van der Waals surface area contributed by atoms with Crippen LogP contribution in [0.4, 0.5) is 4.39 Å². The van der Waals surface area contributed by atoms with E-state index >= 15 is 0 Å². The summed E-state index contributed by atoms with van der Waals surface area (Å²) in [5, 5.41) is 17.4. The summed E-state index contributed by atoms with van der Waals surface area (Å²) in [4.78, 5) is 4.14. The molecular formula is C20H22FN3O2. The molecule has 0 aliphatic carbocycles. The second-order valence-electron chi connectivity index (χ2n) is 6.04. The molecule has 2 atom stereocenters. The maximum absolute atomic E-state index is 13.7. The molecule has 26 heavy (non-hydrogen) atoms. The third-order valence-electron chi connectivity index (χ3n) is 4.18. The minimum absolute atomic E-state index is 0.126. The van der Waals surface area contributed by atoms with Crippen molar-refractivity contribution >= 4 is 16.9 Å². The van der Waals surface area contributed by atoms with Crippen molar-refractivity contribution in [1.29, 1.82) is 0 Å². The van der Waals surface area contributed by atoms with Crippen molar-refractivity contribution in [3.05, 3.63) is 71.7 Å². The van der Waals surface area contributed by atoms with Gasteiger partial charge >= 0.3 is 0 Å². The number of aliphatic imine (C=N–C) groups is 1. The van der Waals surface area contributed by atoms with Gasteiger partial charge in [0.25, 0.3) is 0 Å². The van der Waals surface area contributed by atoms with Gasteiger partial charge in [-0.2, -0.15) is 0 Å². The summed E-state index contributed by atoms with van der Waals surface area (Å²) in [6.07, 6.45) is -0.976. The van der Waals surface area contributed by atoms with Crippen LogP contribution in [0.25, 0.3) is 11.0 Å². The summed E-state index contributed by atoms with van der Waals surface area (Å²) < 4.78 is 19.6. The first-order valence-corrected chi connectivity index (χ1v) is 8.46. The van der Waals surface area contributed by atoms with Crippen LogP contribution in [0.3, 0.4) is 0 Å². The zero-order valence-electron chi connectivity index (χ0n) is 14.7. The fraction of sp³-hybridized carbons (Fsp3) is 0.250.